The van der Waals surface area contributed by atoms with E-state index in [0.29, 0.717) is 31.6 Å². The average molecular weight is 629 g/mol. The Morgan fingerprint density at radius 1 is 1.07 bits per heavy atom. The van der Waals surface area contributed by atoms with Gasteiger partial charge in [-0.3, -0.25) is 9.69 Å². The Bertz CT molecular complexity index is 1360. The van der Waals surface area contributed by atoms with Gasteiger partial charge in [-0.1, -0.05) is 19.1 Å². The first-order chi connectivity index (χ1) is 21.5. The number of carbonyl (C=O) groups is 2. The highest BCUT2D eigenvalue weighted by molar-refractivity contribution is 6.00. The normalized spacial score (nSPS) is 47.4. The number of piperidine rings is 1. The molecule has 3 unspecified atom stereocenters. The van der Waals surface area contributed by atoms with E-state index in [9.17, 15) is 19.8 Å². The van der Waals surface area contributed by atoms with E-state index in [0.717, 1.165) is 12.8 Å². The number of esters is 1. The van der Waals surface area contributed by atoms with Gasteiger partial charge >= 0.3 is 5.97 Å². The van der Waals surface area contributed by atoms with Crippen molar-refractivity contribution in [2.75, 3.05) is 53.5 Å². The summed E-state index contributed by atoms with van der Waals surface area (Å²) in [5.41, 5.74) is -3.68. The summed E-state index contributed by atoms with van der Waals surface area (Å²) >= 11 is 0. The Kier molecular flexibility index (Phi) is 7.48. The fraction of sp³-hybridized carbons (Fsp3) is 0.765. The number of para-hydroxylation sites is 1. The lowest BCUT2D eigenvalue weighted by Gasteiger charge is -2.70. The van der Waals surface area contributed by atoms with Crippen LogP contribution in [0.3, 0.4) is 0 Å². The van der Waals surface area contributed by atoms with Gasteiger partial charge in [0.2, 0.25) is 5.91 Å². The number of carbonyl (C=O) groups excluding carboxylic acids is 2. The highest BCUT2D eigenvalue weighted by Gasteiger charge is 2.91. The number of anilines is 1. The van der Waals surface area contributed by atoms with Crippen LogP contribution in [-0.4, -0.2) is 117 Å². The lowest BCUT2D eigenvalue weighted by atomic mass is 9.42. The van der Waals surface area contributed by atoms with Crippen molar-refractivity contribution in [3.05, 3.63) is 29.8 Å². The van der Waals surface area contributed by atoms with E-state index in [2.05, 4.69) is 17.1 Å². The molecule has 5 saturated carbocycles. The van der Waals surface area contributed by atoms with Gasteiger partial charge in [0.15, 0.2) is 0 Å². The van der Waals surface area contributed by atoms with Crippen molar-refractivity contribution >= 4 is 17.6 Å². The van der Waals surface area contributed by atoms with E-state index in [1.807, 2.05) is 0 Å². The van der Waals surface area contributed by atoms with Crippen LogP contribution in [0.25, 0.3) is 0 Å². The topological polar surface area (TPSA) is 136 Å². The first kappa shape index (κ1) is 31.5. The minimum absolute atomic E-state index is 0.0387. The number of hydrogen-bond acceptors (Lipinski definition) is 10. The zero-order valence-electron chi connectivity index (χ0n) is 27.2. The Labute approximate surface area is 264 Å². The molecule has 1 aromatic rings. The fourth-order valence-corrected chi connectivity index (χ4v) is 12.2. The van der Waals surface area contributed by atoms with Gasteiger partial charge in [0.1, 0.15) is 11.2 Å². The number of nitrogens with one attached hydrogen (secondary N) is 1. The maximum Gasteiger partial charge on any atom is 0.340 e. The summed E-state index contributed by atoms with van der Waals surface area (Å²) < 4.78 is 31.2. The summed E-state index contributed by atoms with van der Waals surface area (Å²) in [5, 5.41) is 29.2. The number of fused-ring (bicyclic) bond motifs is 2. The summed E-state index contributed by atoms with van der Waals surface area (Å²) in [6, 6.07) is 6.41. The summed E-state index contributed by atoms with van der Waals surface area (Å²) in [5.74, 6) is -1.36. The molecule has 11 heteroatoms. The Morgan fingerprint density at radius 2 is 1.82 bits per heavy atom. The minimum Gasteiger partial charge on any atom is -0.461 e. The molecule has 1 aromatic carbocycles. The summed E-state index contributed by atoms with van der Waals surface area (Å²) in [6.07, 6.45) is 0.993. The number of amides is 1. The smallest absolute Gasteiger partial charge is 0.340 e. The molecular weight excluding hydrogens is 580 g/mol. The van der Waals surface area contributed by atoms with Crippen LogP contribution >= 0.6 is 0 Å². The van der Waals surface area contributed by atoms with Crippen molar-refractivity contribution in [2.45, 2.75) is 81.2 Å². The second-order valence-corrected chi connectivity index (χ2v) is 14.5. The summed E-state index contributed by atoms with van der Waals surface area (Å²) in [4.78, 5) is 27.9. The third-order valence-electron chi connectivity index (χ3n) is 13.3. The molecule has 6 fully saturated rings. The predicted molar refractivity (Wildman–Crippen MR) is 162 cm³/mol. The molecule has 5 aliphatic carbocycles. The van der Waals surface area contributed by atoms with Crippen LogP contribution in [-0.2, 0) is 28.5 Å². The number of likely N-dealkylation sites (N-methyl/N-ethyl adjacent to an activating group) is 1. The molecule has 45 heavy (non-hydrogen) atoms. The third kappa shape index (κ3) is 3.72. The van der Waals surface area contributed by atoms with Gasteiger partial charge in [0, 0.05) is 76.9 Å². The number of nitrogens with zero attached hydrogens (tertiary/aromatic N) is 1. The Morgan fingerprint density at radius 3 is 2.47 bits per heavy atom. The number of ether oxygens (including phenoxy) is 5. The van der Waals surface area contributed by atoms with Crippen molar-refractivity contribution < 1.29 is 43.5 Å². The second-order valence-electron chi connectivity index (χ2n) is 14.5. The number of rotatable bonds is 9. The molecular formula is C34H48N2O9. The monoisotopic (exact) mass is 628 g/mol. The van der Waals surface area contributed by atoms with E-state index < -0.39 is 40.1 Å². The number of likely N-dealkylation sites (tertiary alicyclic amines) is 1. The third-order valence-corrected chi connectivity index (χ3v) is 13.3. The summed E-state index contributed by atoms with van der Waals surface area (Å²) in [6.45, 7) is 4.81. The van der Waals surface area contributed by atoms with Crippen LogP contribution in [0.1, 0.15) is 49.9 Å². The minimum atomic E-state index is -1.66. The van der Waals surface area contributed by atoms with Crippen LogP contribution in [0.2, 0.25) is 0 Å². The molecule has 1 heterocycles. The lowest BCUT2D eigenvalue weighted by molar-refractivity contribution is -0.320. The molecule has 7 bridgehead atoms. The molecule has 1 spiro atoms. The van der Waals surface area contributed by atoms with E-state index in [-0.39, 0.29) is 60.1 Å². The molecule has 0 aromatic heterocycles. The lowest BCUT2D eigenvalue weighted by Crippen LogP contribution is -2.82. The van der Waals surface area contributed by atoms with Gasteiger partial charge in [-0.2, -0.15) is 0 Å². The molecule has 248 valence electrons. The van der Waals surface area contributed by atoms with E-state index >= 15 is 0 Å². The first-order valence-corrected chi connectivity index (χ1v) is 16.4. The fourth-order valence-electron chi connectivity index (χ4n) is 12.2. The largest absolute Gasteiger partial charge is 0.461 e. The van der Waals surface area contributed by atoms with E-state index in [4.69, 9.17) is 23.7 Å². The van der Waals surface area contributed by atoms with Crippen LogP contribution in [0, 0.1) is 34.5 Å². The molecule has 1 aliphatic heterocycles. The van der Waals surface area contributed by atoms with E-state index in [1.54, 1.807) is 52.7 Å². The zero-order valence-corrected chi connectivity index (χ0v) is 27.2. The van der Waals surface area contributed by atoms with Gasteiger partial charge in [-0.25, -0.2) is 4.79 Å². The Hall–Kier alpha value is -2.12. The van der Waals surface area contributed by atoms with Crippen molar-refractivity contribution in [2.24, 2.45) is 34.5 Å². The first-order valence-electron chi connectivity index (χ1n) is 16.4. The van der Waals surface area contributed by atoms with Gasteiger partial charge in [0.25, 0.3) is 0 Å². The van der Waals surface area contributed by atoms with Crippen LogP contribution in [0.4, 0.5) is 5.69 Å². The molecule has 1 saturated heterocycles. The van der Waals surface area contributed by atoms with Crippen molar-refractivity contribution in [3.8, 4) is 0 Å². The van der Waals surface area contributed by atoms with Gasteiger partial charge in [0.05, 0.1) is 48.3 Å². The maximum absolute atomic E-state index is 13.7. The van der Waals surface area contributed by atoms with E-state index in [1.165, 1.54) is 6.92 Å². The molecule has 0 radical (unpaired) electrons. The van der Waals surface area contributed by atoms with Crippen LogP contribution in [0.5, 0.6) is 0 Å². The van der Waals surface area contributed by atoms with Crippen molar-refractivity contribution in [1.29, 1.82) is 0 Å². The number of benzene rings is 1. The molecule has 7 rings (SSSR count). The number of methoxy groups -OCH3 is 4. The van der Waals surface area contributed by atoms with Crippen molar-refractivity contribution in [3.63, 3.8) is 0 Å². The van der Waals surface area contributed by atoms with Gasteiger partial charge in [-0.15, -0.1) is 0 Å². The van der Waals surface area contributed by atoms with Crippen LogP contribution < -0.4 is 5.32 Å². The Balaban J connectivity index is 1.37. The molecule has 1 amide bonds. The predicted octanol–water partition coefficient (Wildman–Crippen LogP) is 2.09. The summed E-state index contributed by atoms with van der Waals surface area (Å²) in [7, 11) is 6.75. The highest BCUT2D eigenvalue weighted by Crippen LogP contribution is 2.80. The maximum atomic E-state index is 13.7. The SMILES string of the molecule is CCN1C[C@]2(COC(=O)c3ccccc3NC(C)=O)CC[C@H](OC)[C@]34C5C[C@H]6[C@H](OC)[C@@H]5C(O)(C[C@@H]6OC)[C@@](O)(C13)[C@@H](OC)[C@H]24. The number of hydrogen-bond donors (Lipinski definition) is 3. The standard InChI is InChI=1S/C34H48N2O9/c1-7-36-16-31(17-45-29(38)19-10-8-9-11-22(19)35-18(2)37)13-12-24(42-4)33-21-14-20-23(41-3)15-32(39,25(21)26(20)43-5)34(40,30(33)36)28(44-6)27(31)33/h8-11,20-21,23-28,30,39-40H,7,12-17H2,1-6H3,(H,35,37)/t20-,21?,23+,24+,25-,26+,27-,28+,30?,31+,32?,33+,34+/m1/s1. The quantitative estimate of drug-likeness (QED) is 0.349. The molecule has 11 nitrogen and oxygen atoms in total. The van der Waals surface area contributed by atoms with Crippen molar-refractivity contribution in [1.82, 2.24) is 4.90 Å². The highest BCUT2D eigenvalue weighted by atomic mass is 16.5. The molecule has 3 N–H and O–H groups in total. The average Bonchev–Trinajstić information content (AvgIpc) is 3.45. The molecule has 13 atom stereocenters. The molecule has 6 aliphatic rings. The van der Waals surface area contributed by atoms with Crippen LogP contribution in [0.15, 0.2) is 24.3 Å². The zero-order chi connectivity index (χ0) is 32.1. The van der Waals surface area contributed by atoms with Gasteiger partial charge in [-0.05, 0) is 43.9 Å². The number of aliphatic hydroxyl groups is 2. The van der Waals surface area contributed by atoms with Gasteiger partial charge < -0.3 is 39.2 Å². The second kappa shape index (κ2) is 10.7.